The topological polar surface area (TPSA) is 251 Å². The Morgan fingerprint density at radius 2 is 2.00 bits per heavy atom. The molecule has 0 bridgehead atoms. The van der Waals surface area contributed by atoms with E-state index >= 15 is 8.78 Å². The largest absolute Gasteiger partial charge is 0.395 e. The summed E-state index contributed by atoms with van der Waals surface area (Å²) >= 11 is 6.31. The average molecular weight is 634 g/mol. The van der Waals surface area contributed by atoms with Gasteiger partial charge in [-0.3, -0.25) is 9.78 Å². The lowest BCUT2D eigenvalue weighted by Crippen LogP contribution is -2.34. The predicted molar refractivity (Wildman–Crippen MR) is 144 cm³/mol. The first kappa shape index (κ1) is 28.2. The zero-order chi connectivity index (χ0) is 29.2. The van der Waals surface area contributed by atoms with Crippen LogP contribution in [0.3, 0.4) is 0 Å². The van der Waals surface area contributed by atoms with Gasteiger partial charge < -0.3 is 40.4 Å². The van der Waals surface area contributed by atoms with E-state index in [0.717, 1.165) is 22.8 Å². The number of nitrogens with two attached hydrogens (primary N) is 2. The Bertz CT molecular complexity index is 1730. The summed E-state index contributed by atoms with van der Waals surface area (Å²) in [6.07, 6.45) is -6.10. The third-order valence-corrected chi connectivity index (χ3v) is 11.5. The van der Waals surface area contributed by atoms with Gasteiger partial charge in [-0.15, -0.1) is 16.9 Å². The van der Waals surface area contributed by atoms with Crippen molar-refractivity contribution < 1.29 is 33.1 Å². The number of aromatic amines is 1. The number of hydrogen-bond donors (Lipinski definition) is 6. The lowest BCUT2D eigenvalue weighted by atomic mass is 10.1. The lowest BCUT2D eigenvalue weighted by molar-refractivity contribution is -0.0471. The molecule has 9 atom stereocenters. The third kappa shape index (κ3) is 4.65. The van der Waals surface area contributed by atoms with Gasteiger partial charge in [-0.25, -0.2) is 23.7 Å². The number of anilines is 2. The molecule has 2 saturated heterocycles. The molecular formula is C19H22F2N11O6PS2. The van der Waals surface area contributed by atoms with Crippen molar-refractivity contribution in [1.82, 2.24) is 44.5 Å². The number of rotatable bonds is 7. The molecule has 2 aliphatic rings. The molecule has 41 heavy (non-hydrogen) atoms. The minimum Gasteiger partial charge on any atom is -0.395 e. The molecule has 0 saturated carbocycles. The standard InChI is InChI=1S/C19H22F2N11O6PS2/c20-7-6(1-33)41-18(31-4-26-10-15(31)27-19(23)28-16(10)35)12(7)39(36,40)37-2-5-11(34)8(21)17(38-5)32-14-9(29-30-32)13(22)24-3-25-14/h3-8,11-12,17-18,33-34H,1-2H2,(H,36,40)(H2,22,24,25)(H3,23,27,28,35)/t5-,6?,7-,8+,11-,12-,17-,18-,39?/m1/s1. The number of hydrogen-bond acceptors (Lipinski definition) is 15. The van der Waals surface area contributed by atoms with Crippen molar-refractivity contribution in [1.29, 1.82) is 0 Å². The number of ether oxygens (including phenoxy) is 1. The molecule has 6 rings (SSSR count). The van der Waals surface area contributed by atoms with Crippen LogP contribution in [0.25, 0.3) is 22.3 Å². The second-order valence-electron chi connectivity index (χ2n) is 9.28. The molecule has 22 heteroatoms. The van der Waals surface area contributed by atoms with E-state index in [9.17, 15) is 19.9 Å². The number of nitrogens with one attached hydrogen (secondary N) is 1. The van der Waals surface area contributed by atoms with Crippen LogP contribution >= 0.6 is 18.3 Å². The molecule has 8 N–H and O–H groups in total. The molecule has 0 aromatic carbocycles. The fourth-order valence-electron chi connectivity index (χ4n) is 4.81. The van der Waals surface area contributed by atoms with Gasteiger partial charge in [-0.05, 0) is 11.8 Å². The van der Waals surface area contributed by atoms with E-state index in [-0.39, 0.29) is 34.1 Å². The predicted octanol–water partition coefficient (Wildman–Crippen LogP) is -1.25. The van der Waals surface area contributed by atoms with Gasteiger partial charge in [0, 0.05) is 0 Å². The summed E-state index contributed by atoms with van der Waals surface area (Å²) in [5.74, 6) is -0.203. The average Bonchev–Trinajstić information content (AvgIpc) is 3.68. The number of H-pyrrole nitrogens is 1. The molecule has 2 aliphatic heterocycles. The molecule has 0 radical (unpaired) electrons. The normalized spacial score (nSPS) is 31.7. The van der Waals surface area contributed by atoms with E-state index in [1.54, 1.807) is 0 Å². The van der Waals surface area contributed by atoms with Gasteiger partial charge in [-0.1, -0.05) is 5.21 Å². The Kier molecular flexibility index (Phi) is 7.17. The zero-order valence-electron chi connectivity index (χ0n) is 20.5. The van der Waals surface area contributed by atoms with Crippen LogP contribution in [0.1, 0.15) is 11.6 Å². The van der Waals surface area contributed by atoms with Gasteiger partial charge in [0.1, 0.15) is 24.7 Å². The highest BCUT2D eigenvalue weighted by molar-refractivity contribution is 8.10. The molecule has 2 fully saturated rings. The van der Waals surface area contributed by atoms with Crippen molar-refractivity contribution in [3.05, 3.63) is 23.0 Å². The van der Waals surface area contributed by atoms with E-state index in [4.69, 9.17) is 32.5 Å². The van der Waals surface area contributed by atoms with Crippen LogP contribution in [0.4, 0.5) is 20.5 Å². The van der Waals surface area contributed by atoms with Crippen molar-refractivity contribution >= 4 is 64.2 Å². The maximum atomic E-state index is 15.6. The summed E-state index contributed by atoms with van der Waals surface area (Å²) in [7, 11) is 0. The molecular weight excluding hydrogens is 611 g/mol. The van der Waals surface area contributed by atoms with E-state index in [1.165, 1.54) is 10.9 Å². The Morgan fingerprint density at radius 3 is 2.76 bits per heavy atom. The van der Waals surface area contributed by atoms with Crippen LogP contribution in [0.15, 0.2) is 17.4 Å². The molecule has 220 valence electrons. The fraction of sp³-hybridized carbons (Fsp3) is 0.526. The number of nitrogens with zero attached hydrogens (tertiary/aromatic N) is 8. The van der Waals surface area contributed by atoms with Gasteiger partial charge in [0.2, 0.25) is 5.95 Å². The van der Waals surface area contributed by atoms with E-state index in [0.29, 0.717) is 0 Å². The van der Waals surface area contributed by atoms with Crippen LogP contribution in [0, 0.1) is 0 Å². The van der Waals surface area contributed by atoms with Crippen LogP contribution in [-0.2, 0) is 21.1 Å². The van der Waals surface area contributed by atoms with Gasteiger partial charge in [0.25, 0.3) is 5.56 Å². The van der Waals surface area contributed by atoms with Crippen LogP contribution < -0.4 is 17.0 Å². The zero-order valence-corrected chi connectivity index (χ0v) is 23.0. The van der Waals surface area contributed by atoms with Gasteiger partial charge in [0.15, 0.2) is 47.0 Å². The fourth-order valence-corrected chi connectivity index (χ4v) is 9.67. The summed E-state index contributed by atoms with van der Waals surface area (Å²) in [6.45, 7) is -5.33. The number of fused-ring (bicyclic) bond motifs is 2. The van der Waals surface area contributed by atoms with Gasteiger partial charge in [0.05, 0.1) is 35.8 Å². The summed E-state index contributed by atoms with van der Waals surface area (Å²) in [5, 5.41) is 25.9. The van der Waals surface area contributed by atoms with Crippen molar-refractivity contribution in [3.63, 3.8) is 0 Å². The van der Waals surface area contributed by atoms with E-state index in [1.807, 2.05) is 0 Å². The molecule has 0 aliphatic carbocycles. The van der Waals surface area contributed by atoms with Crippen molar-refractivity contribution in [2.45, 2.75) is 47.1 Å². The third-order valence-electron chi connectivity index (χ3n) is 6.82. The molecule has 0 amide bonds. The first-order chi connectivity index (χ1) is 19.5. The highest BCUT2D eigenvalue weighted by Gasteiger charge is 2.54. The Hall–Kier alpha value is -2.91. The number of nitrogen functional groups attached to an aromatic ring is 2. The lowest BCUT2D eigenvalue weighted by Gasteiger charge is -2.30. The minimum atomic E-state index is -4.12. The van der Waals surface area contributed by atoms with Crippen molar-refractivity contribution in [2.75, 3.05) is 24.7 Å². The summed E-state index contributed by atoms with van der Waals surface area (Å²) < 4.78 is 44.3. The van der Waals surface area contributed by atoms with Crippen LogP contribution in [0.5, 0.6) is 0 Å². The van der Waals surface area contributed by atoms with Crippen molar-refractivity contribution in [3.8, 4) is 0 Å². The number of imidazole rings is 1. The molecule has 4 aromatic rings. The second-order valence-corrected chi connectivity index (χ2v) is 14.2. The molecule has 17 nitrogen and oxygen atoms in total. The summed E-state index contributed by atoms with van der Waals surface area (Å²) in [5.41, 5.74) is 9.47. The Balaban J connectivity index is 1.25. The molecule has 2 unspecified atom stereocenters. The quantitative estimate of drug-likeness (QED) is 0.130. The number of aliphatic hydroxyl groups is 2. The van der Waals surface area contributed by atoms with Crippen LogP contribution in [0.2, 0.25) is 0 Å². The smallest absolute Gasteiger partial charge is 0.280 e. The number of thioether (sulfide) groups is 1. The van der Waals surface area contributed by atoms with E-state index < -0.39 is 72.3 Å². The van der Waals surface area contributed by atoms with Gasteiger partial charge >= 0.3 is 0 Å². The Morgan fingerprint density at radius 1 is 1.22 bits per heavy atom. The highest BCUT2D eigenvalue weighted by atomic mass is 32.5. The molecule has 4 aromatic heterocycles. The number of halogens is 2. The SMILES string of the molecule is Nc1nc2c(ncn2[C@@H]2SC(CO)[C@@H](F)[C@H]2P(O)(=S)OC[C@H]2O[C@@H](n3nnc4c(N)ncnc43)[C@@H](F)[C@@H]2O)c(=O)[nH]1. The first-order valence-corrected chi connectivity index (χ1v) is 15.6. The maximum Gasteiger partial charge on any atom is 0.280 e. The monoisotopic (exact) mass is 633 g/mol. The number of aliphatic hydroxyl groups excluding tert-OH is 2. The van der Waals surface area contributed by atoms with Crippen molar-refractivity contribution in [2.24, 2.45) is 0 Å². The van der Waals surface area contributed by atoms with Crippen LogP contribution in [-0.4, -0.2) is 108 Å². The second kappa shape index (κ2) is 10.4. The van der Waals surface area contributed by atoms with E-state index in [2.05, 4.69) is 35.2 Å². The number of alkyl halides is 2. The molecule has 6 heterocycles. The summed E-state index contributed by atoms with van der Waals surface area (Å²) in [4.78, 5) is 41.7. The molecule has 0 spiro atoms. The van der Waals surface area contributed by atoms with Gasteiger partial charge in [-0.2, -0.15) is 9.67 Å². The minimum absolute atomic E-state index is 0.00942. The maximum absolute atomic E-state index is 15.6. The highest BCUT2D eigenvalue weighted by Crippen LogP contribution is 2.62. The Labute approximate surface area is 236 Å². The first-order valence-electron chi connectivity index (χ1n) is 11.9. The summed E-state index contributed by atoms with van der Waals surface area (Å²) in [6, 6.07) is 0. The number of aromatic nitrogens is 9.